The number of amides is 1. The van der Waals surface area contributed by atoms with Crippen LogP contribution in [0.15, 0.2) is 42.5 Å². The zero-order valence-corrected chi connectivity index (χ0v) is 13.8. The molecule has 8 nitrogen and oxygen atoms in total. The van der Waals surface area contributed by atoms with Crippen LogP contribution in [-0.4, -0.2) is 25.5 Å². The average molecular weight is 349 g/mol. The zero-order valence-electron chi connectivity index (χ0n) is 12.9. The normalized spacial score (nSPS) is 10.9. The van der Waals surface area contributed by atoms with E-state index in [0.717, 1.165) is 6.26 Å². The highest BCUT2D eigenvalue weighted by molar-refractivity contribution is 7.92. The maximum atomic E-state index is 12.2. The molecule has 9 heteroatoms. The van der Waals surface area contributed by atoms with Gasteiger partial charge in [-0.3, -0.25) is 19.6 Å². The number of nitro groups is 1. The first-order valence-corrected chi connectivity index (χ1v) is 8.69. The summed E-state index contributed by atoms with van der Waals surface area (Å²) < 4.78 is 24.6. The second kappa shape index (κ2) is 6.67. The van der Waals surface area contributed by atoms with E-state index in [1.807, 2.05) is 0 Å². The fourth-order valence-corrected chi connectivity index (χ4v) is 2.55. The molecule has 0 bridgehead atoms. The molecule has 2 rings (SSSR count). The number of nitro benzene ring substituents is 1. The minimum Gasteiger partial charge on any atom is -0.322 e. The Kier molecular flexibility index (Phi) is 4.84. The standard InChI is InChI=1S/C15H15N3O5S/c1-10-3-4-11(9-14(10)18(20)21)15(19)16-12-5-7-13(8-6-12)17-24(2,22)23/h3-9,17H,1-2H3,(H,16,19). The number of rotatable bonds is 5. The van der Waals surface area contributed by atoms with E-state index in [0.29, 0.717) is 16.9 Å². The third kappa shape index (κ3) is 4.53. The van der Waals surface area contributed by atoms with Crippen LogP contribution in [0.2, 0.25) is 0 Å². The van der Waals surface area contributed by atoms with Gasteiger partial charge >= 0.3 is 0 Å². The van der Waals surface area contributed by atoms with Gasteiger partial charge in [0.1, 0.15) is 0 Å². The van der Waals surface area contributed by atoms with Crippen molar-refractivity contribution in [3.63, 3.8) is 0 Å². The van der Waals surface area contributed by atoms with Crippen molar-refractivity contribution in [1.82, 2.24) is 0 Å². The molecule has 126 valence electrons. The summed E-state index contributed by atoms with van der Waals surface area (Å²) in [6, 6.07) is 10.2. The quantitative estimate of drug-likeness (QED) is 0.635. The van der Waals surface area contributed by atoms with Crippen LogP contribution in [0.1, 0.15) is 15.9 Å². The summed E-state index contributed by atoms with van der Waals surface area (Å²) >= 11 is 0. The number of hydrogen-bond acceptors (Lipinski definition) is 5. The Morgan fingerprint density at radius 1 is 1.08 bits per heavy atom. The smallest absolute Gasteiger partial charge is 0.273 e. The van der Waals surface area contributed by atoms with Gasteiger partial charge in [-0.25, -0.2) is 8.42 Å². The molecule has 0 saturated heterocycles. The molecule has 0 aliphatic rings. The number of carbonyl (C=O) groups is 1. The van der Waals surface area contributed by atoms with Crippen molar-refractivity contribution in [2.75, 3.05) is 16.3 Å². The number of benzene rings is 2. The molecule has 0 aliphatic heterocycles. The molecule has 2 N–H and O–H groups in total. The lowest BCUT2D eigenvalue weighted by Gasteiger charge is -2.08. The monoisotopic (exact) mass is 349 g/mol. The number of sulfonamides is 1. The highest BCUT2D eigenvalue weighted by Crippen LogP contribution is 2.21. The number of hydrogen-bond donors (Lipinski definition) is 2. The van der Waals surface area contributed by atoms with Crippen molar-refractivity contribution in [1.29, 1.82) is 0 Å². The van der Waals surface area contributed by atoms with Crippen LogP contribution in [0, 0.1) is 17.0 Å². The van der Waals surface area contributed by atoms with E-state index in [9.17, 15) is 23.3 Å². The molecule has 0 unspecified atom stereocenters. The molecule has 2 aromatic rings. The van der Waals surface area contributed by atoms with Crippen LogP contribution in [0.3, 0.4) is 0 Å². The minimum atomic E-state index is -3.37. The van der Waals surface area contributed by atoms with Gasteiger partial charge in [0, 0.05) is 28.6 Å². The molecule has 0 heterocycles. The molecule has 1 amide bonds. The van der Waals surface area contributed by atoms with Gasteiger partial charge in [0.05, 0.1) is 11.2 Å². The van der Waals surface area contributed by atoms with Crippen molar-refractivity contribution in [3.8, 4) is 0 Å². The van der Waals surface area contributed by atoms with E-state index in [-0.39, 0.29) is 11.3 Å². The Labute approximate surface area is 138 Å². The summed E-state index contributed by atoms with van der Waals surface area (Å²) in [5, 5.41) is 13.5. The molecule has 0 aromatic heterocycles. The van der Waals surface area contributed by atoms with E-state index in [4.69, 9.17) is 0 Å². The Morgan fingerprint density at radius 3 is 2.21 bits per heavy atom. The van der Waals surface area contributed by atoms with E-state index >= 15 is 0 Å². The Bertz CT molecular complexity index is 892. The number of anilines is 2. The van der Waals surface area contributed by atoms with E-state index in [1.165, 1.54) is 42.5 Å². The van der Waals surface area contributed by atoms with Gasteiger partial charge in [-0.1, -0.05) is 6.07 Å². The van der Waals surface area contributed by atoms with Crippen LogP contribution in [0.4, 0.5) is 17.1 Å². The molecule has 0 aliphatic carbocycles. The average Bonchev–Trinajstić information content (AvgIpc) is 2.48. The number of nitrogens with zero attached hydrogens (tertiary/aromatic N) is 1. The minimum absolute atomic E-state index is 0.129. The predicted octanol–water partition coefficient (Wildman–Crippen LogP) is 2.53. The zero-order chi connectivity index (χ0) is 17.9. The first kappa shape index (κ1) is 17.4. The lowest BCUT2D eigenvalue weighted by Crippen LogP contribution is -2.13. The summed E-state index contributed by atoms with van der Waals surface area (Å²) in [4.78, 5) is 22.5. The SMILES string of the molecule is Cc1ccc(C(=O)Nc2ccc(NS(C)(=O)=O)cc2)cc1[N+](=O)[O-]. The van der Waals surface area contributed by atoms with Gasteiger partial charge in [-0.2, -0.15) is 0 Å². The number of nitrogens with one attached hydrogen (secondary N) is 2. The molecule has 2 aromatic carbocycles. The molecule has 0 spiro atoms. The fraction of sp³-hybridized carbons (Fsp3) is 0.133. The topological polar surface area (TPSA) is 118 Å². The molecule has 0 radical (unpaired) electrons. The third-order valence-electron chi connectivity index (χ3n) is 3.11. The Hall–Kier alpha value is -2.94. The van der Waals surface area contributed by atoms with Gasteiger partial charge in [0.2, 0.25) is 10.0 Å². The predicted molar refractivity (Wildman–Crippen MR) is 90.7 cm³/mol. The second-order valence-corrected chi connectivity index (χ2v) is 6.91. The first-order valence-electron chi connectivity index (χ1n) is 6.80. The maximum Gasteiger partial charge on any atom is 0.273 e. The van der Waals surface area contributed by atoms with Gasteiger partial charge < -0.3 is 5.32 Å². The number of carbonyl (C=O) groups excluding carboxylic acids is 1. The second-order valence-electron chi connectivity index (χ2n) is 5.16. The van der Waals surface area contributed by atoms with E-state index in [2.05, 4.69) is 10.0 Å². The van der Waals surface area contributed by atoms with Crippen molar-refractivity contribution in [2.24, 2.45) is 0 Å². The summed E-state index contributed by atoms with van der Waals surface area (Å²) in [6.07, 6.45) is 1.03. The molecular formula is C15H15N3O5S. The van der Waals surface area contributed by atoms with Crippen LogP contribution in [0.25, 0.3) is 0 Å². The Balaban J connectivity index is 2.15. The summed E-state index contributed by atoms with van der Waals surface area (Å²) in [6.45, 7) is 1.59. The highest BCUT2D eigenvalue weighted by Gasteiger charge is 2.15. The van der Waals surface area contributed by atoms with Gasteiger partial charge in [-0.15, -0.1) is 0 Å². The van der Waals surface area contributed by atoms with Crippen molar-refractivity contribution < 1.29 is 18.1 Å². The highest BCUT2D eigenvalue weighted by atomic mass is 32.2. The van der Waals surface area contributed by atoms with Gasteiger partial charge in [0.15, 0.2) is 0 Å². The van der Waals surface area contributed by atoms with E-state index in [1.54, 1.807) is 6.92 Å². The van der Waals surface area contributed by atoms with Crippen molar-refractivity contribution >= 4 is 33.0 Å². The van der Waals surface area contributed by atoms with Gasteiger partial charge in [-0.05, 0) is 37.3 Å². The lowest BCUT2D eigenvalue weighted by molar-refractivity contribution is -0.385. The molecule has 0 saturated carbocycles. The van der Waals surface area contributed by atoms with Crippen LogP contribution >= 0.6 is 0 Å². The van der Waals surface area contributed by atoms with Crippen LogP contribution in [0.5, 0.6) is 0 Å². The molecule has 24 heavy (non-hydrogen) atoms. The summed E-state index contributed by atoms with van der Waals surface area (Å²) in [5.74, 6) is -0.498. The third-order valence-corrected chi connectivity index (χ3v) is 3.72. The molecule has 0 atom stereocenters. The molecule has 0 fully saturated rings. The maximum absolute atomic E-state index is 12.2. The number of aryl methyl sites for hydroxylation is 1. The first-order chi connectivity index (χ1) is 11.2. The summed E-state index contributed by atoms with van der Waals surface area (Å²) in [7, 11) is -3.37. The Morgan fingerprint density at radius 2 is 1.67 bits per heavy atom. The molecular weight excluding hydrogens is 334 g/mol. The lowest BCUT2D eigenvalue weighted by atomic mass is 10.1. The van der Waals surface area contributed by atoms with E-state index < -0.39 is 20.9 Å². The van der Waals surface area contributed by atoms with Crippen LogP contribution in [-0.2, 0) is 10.0 Å². The van der Waals surface area contributed by atoms with Crippen LogP contribution < -0.4 is 10.0 Å². The fourth-order valence-electron chi connectivity index (χ4n) is 1.99. The van der Waals surface area contributed by atoms with Crippen molar-refractivity contribution in [2.45, 2.75) is 6.92 Å². The van der Waals surface area contributed by atoms with Gasteiger partial charge in [0.25, 0.3) is 11.6 Å². The summed E-state index contributed by atoms with van der Waals surface area (Å²) in [5.41, 5.74) is 1.29. The van der Waals surface area contributed by atoms with Crippen molar-refractivity contribution in [3.05, 3.63) is 63.7 Å². The largest absolute Gasteiger partial charge is 0.322 e.